The highest BCUT2D eigenvalue weighted by molar-refractivity contribution is 6.25. The molecule has 2 aromatic rings. The Balaban J connectivity index is 1.46. The highest BCUT2D eigenvalue weighted by atomic mass is 16.2. The van der Waals surface area contributed by atoms with Gasteiger partial charge in [0.2, 0.25) is 5.91 Å². The molecule has 0 saturated heterocycles. The summed E-state index contributed by atoms with van der Waals surface area (Å²) in [5, 5.41) is 9.29. The topological polar surface area (TPSA) is 108 Å². The second kappa shape index (κ2) is 10.2. The average Bonchev–Trinajstić information content (AvgIpc) is 3.11. The second-order valence-corrected chi connectivity index (χ2v) is 9.13. The van der Waals surface area contributed by atoms with Crippen LogP contribution in [0.3, 0.4) is 0 Å². The Bertz CT molecular complexity index is 1170. The van der Waals surface area contributed by atoms with Crippen LogP contribution < -0.4 is 16.0 Å². The Hall–Kier alpha value is -3.78. The van der Waals surface area contributed by atoms with Crippen LogP contribution in [0.5, 0.6) is 0 Å². The Morgan fingerprint density at radius 3 is 2.37 bits per heavy atom. The molecule has 0 fully saturated rings. The van der Waals surface area contributed by atoms with Crippen LogP contribution in [0.2, 0.25) is 0 Å². The number of anilines is 1. The number of aldehydes is 1. The van der Waals surface area contributed by atoms with Crippen molar-refractivity contribution in [3.8, 4) is 0 Å². The molecule has 35 heavy (non-hydrogen) atoms. The number of nitrogens with one attached hydrogen (secondary N) is 3. The molecule has 0 saturated carbocycles. The summed E-state index contributed by atoms with van der Waals surface area (Å²) in [6.45, 7) is 3.43. The molecule has 1 aliphatic carbocycles. The molecule has 8 heteroatoms. The molecule has 1 heterocycles. The fourth-order valence-corrected chi connectivity index (χ4v) is 4.38. The lowest BCUT2D eigenvalue weighted by Crippen LogP contribution is -2.48. The van der Waals surface area contributed by atoms with Gasteiger partial charge in [0.05, 0.1) is 11.1 Å². The number of nitrogens with zero attached hydrogens (tertiary/aromatic N) is 1. The highest BCUT2D eigenvalue weighted by Gasteiger charge is 2.43. The molecular weight excluding hydrogens is 444 g/mol. The van der Waals surface area contributed by atoms with Crippen LogP contribution in [-0.2, 0) is 22.7 Å². The third-order valence-electron chi connectivity index (χ3n) is 6.59. The number of fused-ring (bicyclic) bond motifs is 1. The molecule has 2 atom stereocenters. The van der Waals surface area contributed by atoms with Crippen molar-refractivity contribution < 1.29 is 19.2 Å². The van der Waals surface area contributed by atoms with Gasteiger partial charge in [0.15, 0.2) is 0 Å². The van der Waals surface area contributed by atoms with E-state index in [4.69, 9.17) is 0 Å². The van der Waals surface area contributed by atoms with E-state index in [1.807, 2.05) is 12.1 Å². The number of rotatable bonds is 11. The molecule has 2 unspecified atom stereocenters. The first-order valence-corrected chi connectivity index (χ1v) is 11.8. The number of amides is 3. The molecule has 4 rings (SSSR count). The number of hydrogen-bond acceptors (Lipinski definition) is 6. The van der Waals surface area contributed by atoms with E-state index in [-0.39, 0.29) is 29.5 Å². The molecule has 8 nitrogen and oxygen atoms in total. The van der Waals surface area contributed by atoms with Crippen molar-refractivity contribution in [3.05, 3.63) is 76.9 Å². The van der Waals surface area contributed by atoms with Crippen LogP contribution in [0.4, 0.5) is 5.69 Å². The first kappa shape index (κ1) is 24.3. The molecule has 3 N–H and O–H groups in total. The van der Waals surface area contributed by atoms with Crippen LogP contribution in [0.25, 0.3) is 0 Å². The Labute approximate surface area is 204 Å². The van der Waals surface area contributed by atoms with Crippen molar-refractivity contribution >= 4 is 29.7 Å². The van der Waals surface area contributed by atoms with Crippen molar-refractivity contribution in [2.75, 3.05) is 12.4 Å². The molecule has 182 valence electrons. The quantitative estimate of drug-likeness (QED) is 0.263. The summed E-state index contributed by atoms with van der Waals surface area (Å²) in [4.78, 5) is 50.6. The first-order valence-electron chi connectivity index (χ1n) is 11.8. The predicted octanol–water partition coefficient (Wildman–Crippen LogP) is 2.80. The van der Waals surface area contributed by atoms with Crippen LogP contribution in [0.1, 0.15) is 58.0 Å². The highest BCUT2D eigenvalue weighted by Crippen LogP contribution is 2.32. The van der Waals surface area contributed by atoms with E-state index in [1.165, 1.54) is 12.6 Å². The van der Waals surface area contributed by atoms with Gasteiger partial charge in [-0.2, -0.15) is 0 Å². The molecule has 0 aromatic heterocycles. The monoisotopic (exact) mass is 474 g/mol. The van der Waals surface area contributed by atoms with Gasteiger partial charge in [-0.05, 0) is 43.0 Å². The van der Waals surface area contributed by atoms with Crippen molar-refractivity contribution in [2.24, 2.45) is 0 Å². The van der Waals surface area contributed by atoms with E-state index in [0.717, 1.165) is 23.4 Å². The third kappa shape index (κ3) is 5.02. The van der Waals surface area contributed by atoms with E-state index in [0.29, 0.717) is 18.5 Å². The van der Waals surface area contributed by atoms with Crippen molar-refractivity contribution in [1.29, 1.82) is 0 Å². The van der Waals surface area contributed by atoms with Gasteiger partial charge in [0.25, 0.3) is 11.8 Å². The molecule has 3 amide bonds. The second-order valence-electron chi connectivity index (χ2n) is 9.13. The van der Waals surface area contributed by atoms with Crippen LogP contribution in [-0.4, -0.2) is 47.5 Å². The number of hydrogen-bond donors (Lipinski definition) is 3. The largest absolute Gasteiger partial charge is 0.380 e. The zero-order valence-electron chi connectivity index (χ0n) is 20.0. The van der Waals surface area contributed by atoms with E-state index >= 15 is 0 Å². The number of benzene rings is 2. The fraction of sp³-hybridized carbons (Fsp3) is 0.333. The number of imide groups is 1. The van der Waals surface area contributed by atoms with E-state index in [1.54, 1.807) is 18.2 Å². The zero-order chi connectivity index (χ0) is 25.0. The summed E-state index contributed by atoms with van der Waals surface area (Å²) in [7, 11) is 1.44. The molecule has 2 aromatic carbocycles. The molecule has 2 aliphatic rings. The van der Waals surface area contributed by atoms with E-state index in [9.17, 15) is 19.2 Å². The summed E-state index contributed by atoms with van der Waals surface area (Å²) >= 11 is 0. The normalized spacial score (nSPS) is 19.2. The summed E-state index contributed by atoms with van der Waals surface area (Å²) < 4.78 is 0. The Morgan fingerprint density at radius 2 is 1.77 bits per heavy atom. The smallest absolute Gasteiger partial charge is 0.264 e. The first-order chi connectivity index (χ1) is 16.9. The predicted molar refractivity (Wildman–Crippen MR) is 133 cm³/mol. The minimum Gasteiger partial charge on any atom is -0.380 e. The maximum Gasteiger partial charge on any atom is 0.264 e. The number of likely N-dealkylation sites (N-methyl/N-ethyl adjacent to an activating group) is 1. The molecule has 0 spiro atoms. The van der Waals surface area contributed by atoms with Gasteiger partial charge in [0.1, 0.15) is 12.3 Å². The number of carbonyl (C=O) groups excluding carboxylic acids is 4. The maximum absolute atomic E-state index is 13.3. The Kier molecular flexibility index (Phi) is 7.12. The number of carbonyl (C=O) groups is 4. The summed E-state index contributed by atoms with van der Waals surface area (Å²) in [6.07, 6.45) is 6.19. The minimum absolute atomic E-state index is 0.0675. The van der Waals surface area contributed by atoms with Crippen LogP contribution in [0, 0.1) is 0 Å². The lowest BCUT2D eigenvalue weighted by Gasteiger charge is -2.32. The minimum atomic E-state index is -1.04. The van der Waals surface area contributed by atoms with Gasteiger partial charge in [-0.15, -0.1) is 0 Å². The van der Waals surface area contributed by atoms with Crippen LogP contribution in [0.15, 0.2) is 54.6 Å². The molecule has 0 bridgehead atoms. The summed E-state index contributed by atoms with van der Waals surface area (Å²) in [5.74, 6) is -1.54. The standard InChI is InChI=1S/C27H30N4O4/c1-27(13-5-14-27)30-17-19-11-9-18(10-12-19)16-29-21-7-3-6-20-23(21)26(35)31(25(20)34)22(8-4-15-32)24(33)28-2/h3,5-7,9-13,15,22,29-30H,4,8,14,16-17H2,1-2H3,(H,28,33). The molecule has 1 aliphatic heterocycles. The van der Waals surface area contributed by atoms with Gasteiger partial charge in [-0.3, -0.25) is 19.3 Å². The van der Waals surface area contributed by atoms with Crippen molar-refractivity contribution in [1.82, 2.24) is 15.5 Å². The molecular formula is C27H30N4O4. The van der Waals surface area contributed by atoms with Crippen LogP contribution >= 0.6 is 0 Å². The van der Waals surface area contributed by atoms with Gasteiger partial charge < -0.3 is 20.7 Å². The van der Waals surface area contributed by atoms with Gasteiger partial charge in [-0.1, -0.05) is 42.5 Å². The summed E-state index contributed by atoms with van der Waals surface area (Å²) in [6, 6.07) is 12.2. The Morgan fingerprint density at radius 1 is 1.09 bits per heavy atom. The van der Waals surface area contributed by atoms with Gasteiger partial charge >= 0.3 is 0 Å². The average molecular weight is 475 g/mol. The van der Waals surface area contributed by atoms with Crippen molar-refractivity contribution in [2.45, 2.75) is 50.9 Å². The zero-order valence-corrected chi connectivity index (χ0v) is 20.0. The van der Waals surface area contributed by atoms with Gasteiger partial charge in [-0.25, -0.2) is 0 Å². The lowest BCUT2D eigenvalue weighted by molar-refractivity contribution is -0.124. The summed E-state index contributed by atoms with van der Waals surface area (Å²) in [5.41, 5.74) is 3.33. The SMILES string of the molecule is CNC(=O)C(CCC=O)N1C(=O)c2cccc(NCc3ccc(CNC4(C)C=CC4)cc3)c2C1=O. The van der Waals surface area contributed by atoms with Gasteiger partial charge in [0, 0.05) is 37.8 Å². The third-order valence-corrected chi connectivity index (χ3v) is 6.59. The fourth-order valence-electron chi connectivity index (χ4n) is 4.38. The van der Waals surface area contributed by atoms with Crippen molar-refractivity contribution in [3.63, 3.8) is 0 Å². The van der Waals surface area contributed by atoms with E-state index in [2.05, 4.69) is 47.2 Å². The maximum atomic E-state index is 13.3. The van der Waals surface area contributed by atoms with E-state index < -0.39 is 23.8 Å². The molecule has 0 radical (unpaired) electrons. The lowest BCUT2D eigenvalue weighted by atomic mass is 9.87.